The van der Waals surface area contributed by atoms with Gasteiger partial charge in [0.1, 0.15) is 19.0 Å². The second kappa shape index (κ2) is 8.61. The first-order chi connectivity index (χ1) is 14.1. The van der Waals surface area contributed by atoms with Gasteiger partial charge in [0.25, 0.3) is 5.91 Å². The summed E-state index contributed by atoms with van der Waals surface area (Å²) in [4.78, 5) is 18.1. The van der Waals surface area contributed by atoms with Crippen molar-refractivity contribution in [1.29, 1.82) is 0 Å². The molecular weight excluding hydrogens is 370 g/mol. The number of rotatable bonds is 5. The molecule has 0 aromatic heterocycles. The van der Waals surface area contributed by atoms with E-state index < -0.39 is 0 Å². The number of carbonyl (C=O) groups is 1. The van der Waals surface area contributed by atoms with Crippen molar-refractivity contribution >= 4 is 11.6 Å². The van der Waals surface area contributed by atoms with E-state index in [4.69, 9.17) is 9.47 Å². The summed E-state index contributed by atoms with van der Waals surface area (Å²) in [6, 6.07) is 13.2. The molecule has 0 spiro atoms. The van der Waals surface area contributed by atoms with Gasteiger partial charge in [-0.05, 0) is 42.0 Å². The smallest absolute Gasteiger partial charge is 0.277 e. The molecular formula is C22H28N3O4+. The summed E-state index contributed by atoms with van der Waals surface area (Å²) < 4.78 is 11.2. The van der Waals surface area contributed by atoms with Crippen LogP contribution in [-0.4, -0.2) is 68.9 Å². The van der Waals surface area contributed by atoms with E-state index in [9.17, 15) is 9.90 Å². The molecule has 154 valence electrons. The topological polar surface area (TPSA) is 66.7 Å². The summed E-state index contributed by atoms with van der Waals surface area (Å²) >= 11 is 0. The van der Waals surface area contributed by atoms with Crippen LogP contribution in [0.25, 0.3) is 0 Å². The maximum Gasteiger partial charge on any atom is 0.277 e. The highest BCUT2D eigenvalue weighted by Crippen LogP contribution is 2.31. The Hall–Kier alpha value is -2.93. The van der Waals surface area contributed by atoms with E-state index in [-0.39, 0.29) is 11.7 Å². The van der Waals surface area contributed by atoms with Crippen molar-refractivity contribution in [1.82, 2.24) is 4.90 Å². The molecule has 4 rings (SSSR count). The number of hydrogen-bond donors (Lipinski definition) is 2. The quantitative estimate of drug-likeness (QED) is 0.769. The van der Waals surface area contributed by atoms with Gasteiger partial charge in [-0.25, -0.2) is 0 Å². The third kappa shape index (κ3) is 4.74. The fourth-order valence-corrected chi connectivity index (χ4v) is 3.82. The standard InChI is InChI=1S/C22H27N3O4/c1-23(15-17-2-7-20-21(14-17)29-13-12-28-20)22(27)16-24-8-10-25(11-9-24)18-3-5-19(26)6-4-18/h2-7,14,26H,8-13,15-16H2,1H3/p+1. The van der Waals surface area contributed by atoms with E-state index in [1.165, 1.54) is 4.90 Å². The lowest BCUT2D eigenvalue weighted by molar-refractivity contribution is -0.892. The summed E-state index contributed by atoms with van der Waals surface area (Å²) in [7, 11) is 1.85. The second-order valence-electron chi connectivity index (χ2n) is 7.66. The molecule has 0 atom stereocenters. The third-order valence-corrected chi connectivity index (χ3v) is 5.54. The van der Waals surface area contributed by atoms with Crippen LogP contribution in [-0.2, 0) is 11.3 Å². The Morgan fingerprint density at radius 3 is 2.48 bits per heavy atom. The summed E-state index contributed by atoms with van der Waals surface area (Å²) in [5.41, 5.74) is 2.15. The average molecular weight is 398 g/mol. The third-order valence-electron chi connectivity index (χ3n) is 5.54. The molecule has 1 fully saturated rings. The molecule has 2 aromatic rings. The number of piperazine rings is 1. The lowest BCUT2D eigenvalue weighted by atomic mass is 10.2. The second-order valence-corrected chi connectivity index (χ2v) is 7.66. The van der Waals surface area contributed by atoms with Gasteiger partial charge in [0.05, 0.1) is 26.2 Å². The fraction of sp³-hybridized carbons (Fsp3) is 0.409. The summed E-state index contributed by atoms with van der Waals surface area (Å²) in [6.07, 6.45) is 0. The Kier molecular flexibility index (Phi) is 5.76. The van der Waals surface area contributed by atoms with Crippen LogP contribution in [0.4, 0.5) is 5.69 Å². The van der Waals surface area contributed by atoms with Crippen LogP contribution in [0.15, 0.2) is 42.5 Å². The van der Waals surface area contributed by atoms with Crippen molar-refractivity contribution in [3.63, 3.8) is 0 Å². The van der Waals surface area contributed by atoms with Crippen LogP contribution >= 0.6 is 0 Å². The van der Waals surface area contributed by atoms with Crippen molar-refractivity contribution in [3.05, 3.63) is 48.0 Å². The minimum Gasteiger partial charge on any atom is -0.508 e. The van der Waals surface area contributed by atoms with Crippen LogP contribution in [0.2, 0.25) is 0 Å². The molecule has 29 heavy (non-hydrogen) atoms. The number of benzene rings is 2. The van der Waals surface area contributed by atoms with Gasteiger partial charge in [0.2, 0.25) is 0 Å². The molecule has 7 nitrogen and oxygen atoms in total. The number of phenols is 1. The molecule has 2 aliphatic heterocycles. The lowest BCUT2D eigenvalue weighted by Crippen LogP contribution is -3.15. The number of ether oxygens (including phenoxy) is 2. The predicted molar refractivity (Wildman–Crippen MR) is 110 cm³/mol. The van der Waals surface area contributed by atoms with Crippen molar-refractivity contribution in [2.75, 3.05) is 57.9 Å². The molecule has 1 saturated heterocycles. The van der Waals surface area contributed by atoms with Gasteiger partial charge < -0.3 is 29.3 Å². The Bertz CT molecular complexity index is 848. The SMILES string of the molecule is CN(Cc1ccc2c(c1)OCCO2)C(=O)C[NH+]1CCN(c2ccc(O)cc2)CC1. The van der Waals surface area contributed by atoms with E-state index in [1.54, 1.807) is 17.0 Å². The highest BCUT2D eigenvalue weighted by molar-refractivity contribution is 5.76. The zero-order valence-electron chi connectivity index (χ0n) is 16.8. The van der Waals surface area contributed by atoms with Crippen molar-refractivity contribution in [2.24, 2.45) is 0 Å². The number of hydrogen-bond acceptors (Lipinski definition) is 5. The molecule has 2 N–H and O–H groups in total. The first-order valence-electron chi connectivity index (χ1n) is 10.1. The molecule has 0 saturated carbocycles. The number of nitrogens with zero attached hydrogens (tertiary/aromatic N) is 2. The zero-order valence-corrected chi connectivity index (χ0v) is 16.8. The molecule has 2 aliphatic rings. The molecule has 0 radical (unpaired) electrons. The largest absolute Gasteiger partial charge is 0.508 e. The molecule has 2 heterocycles. The maximum absolute atomic E-state index is 12.7. The van der Waals surface area contributed by atoms with E-state index in [0.29, 0.717) is 26.3 Å². The maximum atomic E-state index is 12.7. The van der Waals surface area contributed by atoms with Gasteiger partial charge in [-0.3, -0.25) is 4.79 Å². The lowest BCUT2D eigenvalue weighted by Gasteiger charge is -2.34. The number of likely N-dealkylation sites (N-methyl/N-ethyl adjacent to an activating group) is 1. The number of phenolic OH excluding ortho intramolecular Hbond substituents is 1. The fourth-order valence-electron chi connectivity index (χ4n) is 3.82. The van der Waals surface area contributed by atoms with Gasteiger partial charge in [0.15, 0.2) is 18.0 Å². The van der Waals surface area contributed by atoms with E-state index >= 15 is 0 Å². The minimum absolute atomic E-state index is 0.146. The number of amides is 1. The van der Waals surface area contributed by atoms with Crippen LogP contribution in [0.1, 0.15) is 5.56 Å². The van der Waals surface area contributed by atoms with Crippen LogP contribution in [0.3, 0.4) is 0 Å². The molecule has 2 aromatic carbocycles. The van der Waals surface area contributed by atoms with E-state index in [1.807, 2.05) is 37.4 Å². The number of anilines is 1. The Balaban J connectivity index is 1.26. The molecule has 0 aliphatic carbocycles. The van der Waals surface area contributed by atoms with Crippen molar-refractivity contribution in [3.8, 4) is 17.2 Å². The summed E-state index contributed by atoms with van der Waals surface area (Å²) in [5, 5.41) is 9.43. The van der Waals surface area contributed by atoms with Crippen molar-refractivity contribution in [2.45, 2.75) is 6.54 Å². The summed E-state index contributed by atoms with van der Waals surface area (Å²) in [6.45, 7) is 5.85. The van der Waals surface area contributed by atoms with Crippen LogP contribution in [0.5, 0.6) is 17.2 Å². The van der Waals surface area contributed by atoms with Crippen LogP contribution < -0.4 is 19.3 Å². The average Bonchev–Trinajstić information content (AvgIpc) is 2.75. The number of quaternary nitrogens is 1. The molecule has 0 bridgehead atoms. The Morgan fingerprint density at radius 2 is 1.76 bits per heavy atom. The van der Waals surface area contributed by atoms with Crippen molar-refractivity contribution < 1.29 is 24.3 Å². The predicted octanol–water partition coefficient (Wildman–Crippen LogP) is 0.527. The molecule has 0 unspecified atom stereocenters. The highest BCUT2D eigenvalue weighted by Gasteiger charge is 2.24. The summed E-state index contributed by atoms with van der Waals surface area (Å²) in [5.74, 6) is 1.95. The van der Waals surface area contributed by atoms with Gasteiger partial charge in [0, 0.05) is 19.3 Å². The minimum atomic E-state index is 0.146. The van der Waals surface area contributed by atoms with Crippen LogP contribution in [0, 0.1) is 0 Å². The highest BCUT2D eigenvalue weighted by atomic mass is 16.6. The monoisotopic (exact) mass is 398 g/mol. The molecule has 1 amide bonds. The first-order valence-corrected chi connectivity index (χ1v) is 10.1. The van der Waals surface area contributed by atoms with Gasteiger partial charge in [-0.1, -0.05) is 6.07 Å². The van der Waals surface area contributed by atoms with Gasteiger partial charge >= 0.3 is 0 Å². The number of nitrogens with one attached hydrogen (secondary N) is 1. The van der Waals surface area contributed by atoms with Gasteiger partial charge in [-0.15, -0.1) is 0 Å². The van der Waals surface area contributed by atoms with E-state index in [0.717, 1.165) is 48.9 Å². The number of aromatic hydroxyl groups is 1. The first kappa shape index (κ1) is 19.4. The zero-order chi connectivity index (χ0) is 20.2. The Morgan fingerprint density at radius 1 is 1.07 bits per heavy atom. The molecule has 7 heteroatoms. The normalized spacial score (nSPS) is 16.5. The van der Waals surface area contributed by atoms with Gasteiger partial charge in [-0.2, -0.15) is 0 Å². The number of fused-ring (bicyclic) bond motifs is 1. The Labute approximate surface area is 171 Å². The van der Waals surface area contributed by atoms with E-state index in [2.05, 4.69) is 4.90 Å². The number of carbonyl (C=O) groups excluding carboxylic acids is 1.